The van der Waals surface area contributed by atoms with Gasteiger partial charge in [-0.05, 0) is 35.9 Å². The summed E-state index contributed by atoms with van der Waals surface area (Å²) in [4.78, 5) is 4.97. The zero-order valence-corrected chi connectivity index (χ0v) is 12.9. The second-order valence-corrected chi connectivity index (χ2v) is 6.55. The predicted molar refractivity (Wildman–Crippen MR) is 88.2 cm³/mol. The molecule has 2 aliphatic rings. The van der Waals surface area contributed by atoms with E-state index in [-0.39, 0.29) is 0 Å². The summed E-state index contributed by atoms with van der Waals surface area (Å²) in [5, 5.41) is 9.97. The Bertz CT molecular complexity index is 670. The van der Waals surface area contributed by atoms with E-state index in [4.69, 9.17) is 0 Å². The third-order valence-corrected chi connectivity index (χ3v) is 5.12. The number of likely N-dealkylation sites (N-methyl/N-ethyl adjacent to an activating group) is 1. The number of hydrogen-bond donors (Lipinski definition) is 1. The van der Waals surface area contributed by atoms with Crippen molar-refractivity contribution in [2.75, 3.05) is 33.2 Å². The molecule has 114 valence electrons. The molecule has 0 spiro atoms. The Morgan fingerprint density at radius 3 is 2.59 bits per heavy atom. The topological polar surface area (TPSA) is 26.7 Å². The van der Waals surface area contributed by atoms with Crippen molar-refractivity contribution in [3.05, 3.63) is 65.2 Å². The Morgan fingerprint density at radius 1 is 0.955 bits per heavy atom. The van der Waals surface area contributed by atoms with Crippen molar-refractivity contribution in [2.24, 2.45) is 0 Å². The molecule has 1 saturated heterocycles. The fourth-order valence-electron chi connectivity index (χ4n) is 3.94. The third-order valence-electron chi connectivity index (χ3n) is 5.12. The SMILES string of the molecule is CN1CCN2C[C@H](c3ccccc3)c3ccc(O)cc3[C@@H]2C1. The van der Waals surface area contributed by atoms with Crippen molar-refractivity contribution in [3.8, 4) is 5.75 Å². The molecule has 0 saturated carbocycles. The normalized spacial score (nSPS) is 25.5. The minimum Gasteiger partial charge on any atom is -0.508 e. The van der Waals surface area contributed by atoms with Crippen LogP contribution in [0.1, 0.15) is 28.7 Å². The summed E-state index contributed by atoms with van der Waals surface area (Å²) in [6.07, 6.45) is 0. The smallest absolute Gasteiger partial charge is 0.115 e. The van der Waals surface area contributed by atoms with Crippen LogP contribution in [0.25, 0.3) is 0 Å². The third kappa shape index (κ3) is 2.31. The van der Waals surface area contributed by atoms with E-state index in [2.05, 4.69) is 53.2 Å². The molecule has 0 aromatic heterocycles. The average molecular weight is 294 g/mol. The predicted octanol–water partition coefficient (Wildman–Crippen LogP) is 2.83. The van der Waals surface area contributed by atoms with Crippen LogP contribution in [0, 0.1) is 0 Å². The first kappa shape index (κ1) is 13.8. The first-order valence-corrected chi connectivity index (χ1v) is 8.03. The molecule has 2 aliphatic heterocycles. The number of phenolic OH excluding ortho intramolecular Hbond substituents is 1. The van der Waals surface area contributed by atoms with Crippen molar-refractivity contribution in [1.82, 2.24) is 9.80 Å². The van der Waals surface area contributed by atoms with E-state index >= 15 is 0 Å². The van der Waals surface area contributed by atoms with E-state index in [0.717, 1.165) is 26.2 Å². The van der Waals surface area contributed by atoms with Gasteiger partial charge in [0.1, 0.15) is 5.75 Å². The Balaban J connectivity index is 1.81. The molecule has 0 aliphatic carbocycles. The van der Waals surface area contributed by atoms with Crippen LogP contribution in [-0.4, -0.2) is 48.1 Å². The second kappa shape index (κ2) is 5.41. The van der Waals surface area contributed by atoms with E-state index in [9.17, 15) is 5.11 Å². The van der Waals surface area contributed by atoms with Gasteiger partial charge in [-0.1, -0.05) is 36.4 Å². The van der Waals surface area contributed by atoms with Crippen LogP contribution >= 0.6 is 0 Å². The number of phenols is 1. The molecule has 0 amide bonds. The lowest BCUT2D eigenvalue weighted by Crippen LogP contribution is -2.50. The van der Waals surface area contributed by atoms with Gasteiger partial charge in [0.2, 0.25) is 0 Å². The number of nitrogens with zero attached hydrogens (tertiary/aromatic N) is 2. The highest BCUT2D eigenvalue weighted by molar-refractivity contribution is 5.46. The van der Waals surface area contributed by atoms with Crippen LogP contribution in [0.5, 0.6) is 5.75 Å². The van der Waals surface area contributed by atoms with Gasteiger partial charge in [0.25, 0.3) is 0 Å². The molecule has 0 unspecified atom stereocenters. The summed E-state index contributed by atoms with van der Waals surface area (Å²) in [5.74, 6) is 0.775. The van der Waals surface area contributed by atoms with Gasteiger partial charge in [-0.2, -0.15) is 0 Å². The standard InChI is InChI=1S/C19H22N2O/c1-20-9-10-21-12-18(14-5-3-2-4-6-14)16-8-7-15(22)11-17(16)19(21)13-20/h2-8,11,18-19,22H,9-10,12-13H2,1H3/t18-,19+/m1/s1. The molecule has 2 atom stereocenters. The Hall–Kier alpha value is -1.84. The summed E-state index contributed by atoms with van der Waals surface area (Å²) in [7, 11) is 2.18. The lowest BCUT2D eigenvalue weighted by Gasteiger charge is -2.46. The number of piperazine rings is 1. The van der Waals surface area contributed by atoms with Crippen LogP contribution < -0.4 is 0 Å². The summed E-state index contributed by atoms with van der Waals surface area (Å²) in [6.45, 7) is 4.32. The van der Waals surface area contributed by atoms with Crippen LogP contribution in [0.2, 0.25) is 0 Å². The van der Waals surface area contributed by atoms with Crippen molar-refractivity contribution < 1.29 is 5.11 Å². The van der Waals surface area contributed by atoms with Gasteiger partial charge in [-0.25, -0.2) is 0 Å². The molecule has 0 radical (unpaired) electrons. The lowest BCUT2D eigenvalue weighted by molar-refractivity contribution is 0.0771. The largest absolute Gasteiger partial charge is 0.508 e. The van der Waals surface area contributed by atoms with Crippen LogP contribution in [-0.2, 0) is 0 Å². The van der Waals surface area contributed by atoms with E-state index in [0.29, 0.717) is 17.7 Å². The van der Waals surface area contributed by atoms with E-state index < -0.39 is 0 Å². The Kier molecular flexibility index (Phi) is 3.40. The maximum absolute atomic E-state index is 9.97. The van der Waals surface area contributed by atoms with Crippen molar-refractivity contribution in [2.45, 2.75) is 12.0 Å². The summed E-state index contributed by atoms with van der Waals surface area (Å²) >= 11 is 0. The summed E-state index contributed by atoms with van der Waals surface area (Å²) in [6, 6.07) is 17.1. The van der Waals surface area contributed by atoms with Gasteiger partial charge >= 0.3 is 0 Å². The van der Waals surface area contributed by atoms with E-state index in [1.54, 1.807) is 0 Å². The molecular formula is C19H22N2O. The van der Waals surface area contributed by atoms with Crippen LogP contribution in [0.4, 0.5) is 0 Å². The maximum Gasteiger partial charge on any atom is 0.115 e. The molecule has 2 aromatic rings. The molecule has 3 nitrogen and oxygen atoms in total. The first-order chi connectivity index (χ1) is 10.7. The molecule has 2 heterocycles. The summed E-state index contributed by atoms with van der Waals surface area (Å²) in [5.41, 5.74) is 4.04. The van der Waals surface area contributed by atoms with Gasteiger partial charge in [0.15, 0.2) is 0 Å². The number of hydrogen-bond acceptors (Lipinski definition) is 3. The van der Waals surface area contributed by atoms with E-state index in [1.165, 1.54) is 16.7 Å². The molecule has 4 rings (SSSR count). The average Bonchev–Trinajstić information content (AvgIpc) is 2.55. The fourth-order valence-corrected chi connectivity index (χ4v) is 3.94. The van der Waals surface area contributed by atoms with Crippen molar-refractivity contribution >= 4 is 0 Å². The number of fused-ring (bicyclic) bond motifs is 3. The van der Waals surface area contributed by atoms with Gasteiger partial charge in [-0.3, -0.25) is 4.90 Å². The monoisotopic (exact) mass is 294 g/mol. The molecule has 1 fully saturated rings. The summed E-state index contributed by atoms with van der Waals surface area (Å²) < 4.78 is 0. The second-order valence-electron chi connectivity index (χ2n) is 6.55. The highest BCUT2D eigenvalue weighted by Crippen LogP contribution is 2.41. The Morgan fingerprint density at radius 2 is 1.77 bits per heavy atom. The van der Waals surface area contributed by atoms with Crippen molar-refractivity contribution in [3.63, 3.8) is 0 Å². The van der Waals surface area contributed by atoms with Crippen LogP contribution in [0.3, 0.4) is 0 Å². The van der Waals surface area contributed by atoms with Gasteiger partial charge in [0, 0.05) is 38.1 Å². The molecule has 1 N–H and O–H groups in total. The maximum atomic E-state index is 9.97. The number of benzene rings is 2. The Labute approximate surface area is 131 Å². The number of aromatic hydroxyl groups is 1. The van der Waals surface area contributed by atoms with E-state index in [1.807, 2.05) is 12.1 Å². The zero-order chi connectivity index (χ0) is 15.1. The van der Waals surface area contributed by atoms with Gasteiger partial charge < -0.3 is 10.0 Å². The lowest BCUT2D eigenvalue weighted by atomic mass is 9.80. The van der Waals surface area contributed by atoms with Crippen LogP contribution in [0.15, 0.2) is 48.5 Å². The molecule has 0 bridgehead atoms. The zero-order valence-electron chi connectivity index (χ0n) is 12.9. The first-order valence-electron chi connectivity index (χ1n) is 8.03. The highest BCUT2D eigenvalue weighted by atomic mass is 16.3. The minimum atomic E-state index is 0.376. The molecular weight excluding hydrogens is 272 g/mol. The fraction of sp³-hybridized carbons (Fsp3) is 0.368. The van der Waals surface area contributed by atoms with Crippen molar-refractivity contribution in [1.29, 1.82) is 0 Å². The number of rotatable bonds is 1. The molecule has 3 heteroatoms. The minimum absolute atomic E-state index is 0.376. The van der Waals surface area contributed by atoms with Gasteiger partial charge in [-0.15, -0.1) is 0 Å². The highest BCUT2D eigenvalue weighted by Gasteiger charge is 2.36. The molecule has 2 aromatic carbocycles. The quantitative estimate of drug-likeness (QED) is 0.876. The van der Waals surface area contributed by atoms with Gasteiger partial charge in [0.05, 0.1) is 0 Å². The molecule has 22 heavy (non-hydrogen) atoms.